The van der Waals surface area contributed by atoms with Gasteiger partial charge in [-0.3, -0.25) is 4.79 Å². The molecule has 1 aromatic rings. The van der Waals surface area contributed by atoms with Crippen LogP contribution in [0.1, 0.15) is 12.5 Å². The minimum atomic E-state index is -4.90. The lowest BCUT2D eigenvalue weighted by Crippen LogP contribution is -2.18. The number of halogens is 3. The van der Waals surface area contributed by atoms with E-state index in [4.69, 9.17) is 0 Å². The van der Waals surface area contributed by atoms with E-state index in [-0.39, 0.29) is 17.8 Å². The molecule has 0 saturated carbocycles. The molecule has 88 valence electrons. The van der Waals surface area contributed by atoms with Crippen molar-refractivity contribution in [1.29, 1.82) is 0 Å². The maximum Gasteiger partial charge on any atom is 0.573 e. The van der Waals surface area contributed by atoms with Gasteiger partial charge in [0, 0.05) is 12.0 Å². The topological polar surface area (TPSA) is 46.5 Å². The third kappa shape index (κ3) is 3.45. The fraction of sp³-hybridized carbons (Fsp3) is 0.300. The van der Waals surface area contributed by atoms with E-state index in [1.807, 2.05) is 0 Å². The summed E-state index contributed by atoms with van der Waals surface area (Å²) in [4.78, 5) is 10.8. The second-order valence-electron chi connectivity index (χ2n) is 3.19. The molecule has 0 aliphatic carbocycles. The van der Waals surface area contributed by atoms with Gasteiger partial charge in [-0.25, -0.2) is 0 Å². The van der Waals surface area contributed by atoms with Gasteiger partial charge in [-0.15, -0.1) is 13.2 Å². The number of benzene rings is 1. The normalized spacial score (nSPS) is 11.2. The standard InChI is InChI=1S/C10H9F3O3/c1-6(14)5-7-3-2-4-8(15)9(7)16-10(11,12)13/h2-4,15H,5H2,1H3. The molecule has 1 rings (SSSR count). The zero-order valence-electron chi connectivity index (χ0n) is 8.34. The summed E-state index contributed by atoms with van der Waals surface area (Å²) in [7, 11) is 0. The van der Waals surface area contributed by atoms with Crippen LogP contribution in [0.25, 0.3) is 0 Å². The Morgan fingerprint density at radius 3 is 2.56 bits per heavy atom. The largest absolute Gasteiger partial charge is 0.573 e. The number of hydrogen-bond donors (Lipinski definition) is 1. The predicted octanol–water partition coefficient (Wildman–Crippen LogP) is 2.42. The number of para-hydroxylation sites is 1. The van der Waals surface area contributed by atoms with Crippen molar-refractivity contribution >= 4 is 5.78 Å². The predicted molar refractivity (Wildman–Crippen MR) is 49.2 cm³/mol. The molecule has 0 amide bonds. The molecule has 0 fully saturated rings. The van der Waals surface area contributed by atoms with Gasteiger partial charge in [0.2, 0.25) is 0 Å². The number of carbonyl (C=O) groups excluding carboxylic acids is 1. The number of phenols is 1. The quantitative estimate of drug-likeness (QED) is 0.873. The van der Waals surface area contributed by atoms with E-state index in [1.54, 1.807) is 0 Å². The molecule has 0 spiro atoms. The molecule has 0 aromatic heterocycles. The summed E-state index contributed by atoms with van der Waals surface area (Å²) in [5.41, 5.74) is 0.00447. The van der Waals surface area contributed by atoms with Crippen molar-refractivity contribution in [3.8, 4) is 11.5 Å². The molecule has 16 heavy (non-hydrogen) atoms. The molecule has 0 radical (unpaired) electrons. The fourth-order valence-electron chi connectivity index (χ4n) is 1.21. The van der Waals surface area contributed by atoms with E-state index >= 15 is 0 Å². The molecule has 0 aliphatic rings. The van der Waals surface area contributed by atoms with Gasteiger partial charge < -0.3 is 9.84 Å². The Bertz CT molecular complexity index is 399. The number of aromatic hydroxyl groups is 1. The molecule has 6 heteroatoms. The summed E-state index contributed by atoms with van der Waals surface area (Å²) in [6, 6.07) is 3.70. The third-order valence-corrected chi connectivity index (χ3v) is 1.73. The second kappa shape index (κ2) is 4.42. The Hall–Kier alpha value is -1.72. The van der Waals surface area contributed by atoms with Crippen LogP contribution >= 0.6 is 0 Å². The molecule has 0 atom stereocenters. The summed E-state index contributed by atoms with van der Waals surface area (Å²) in [5.74, 6) is -1.68. The molecule has 0 bridgehead atoms. The van der Waals surface area contributed by atoms with Crippen molar-refractivity contribution in [2.75, 3.05) is 0 Å². The molecular formula is C10H9F3O3. The van der Waals surface area contributed by atoms with Crippen molar-refractivity contribution in [3.63, 3.8) is 0 Å². The minimum Gasteiger partial charge on any atom is -0.504 e. The zero-order valence-corrected chi connectivity index (χ0v) is 8.34. The van der Waals surface area contributed by atoms with E-state index in [0.29, 0.717) is 0 Å². The van der Waals surface area contributed by atoms with Crippen LogP contribution in [-0.4, -0.2) is 17.3 Å². The van der Waals surface area contributed by atoms with E-state index in [9.17, 15) is 23.1 Å². The lowest BCUT2D eigenvalue weighted by Gasteiger charge is -2.13. The third-order valence-electron chi connectivity index (χ3n) is 1.73. The monoisotopic (exact) mass is 234 g/mol. The molecule has 1 aromatic carbocycles. The average molecular weight is 234 g/mol. The first-order valence-electron chi connectivity index (χ1n) is 4.35. The first-order chi connectivity index (χ1) is 7.29. The fourth-order valence-corrected chi connectivity index (χ4v) is 1.21. The minimum absolute atomic E-state index is 0.00447. The SMILES string of the molecule is CC(=O)Cc1cccc(O)c1OC(F)(F)F. The van der Waals surface area contributed by atoms with Crippen LogP contribution in [0.5, 0.6) is 11.5 Å². The Morgan fingerprint density at radius 1 is 1.44 bits per heavy atom. The Labute approximate surface area is 89.5 Å². The van der Waals surface area contributed by atoms with Gasteiger partial charge in [0.1, 0.15) is 5.78 Å². The van der Waals surface area contributed by atoms with Crippen molar-refractivity contribution < 1.29 is 27.8 Å². The van der Waals surface area contributed by atoms with Gasteiger partial charge in [0.15, 0.2) is 11.5 Å². The molecular weight excluding hydrogens is 225 g/mol. The van der Waals surface area contributed by atoms with Crippen molar-refractivity contribution in [3.05, 3.63) is 23.8 Å². The van der Waals surface area contributed by atoms with Crippen LogP contribution in [0.2, 0.25) is 0 Å². The lowest BCUT2D eigenvalue weighted by atomic mass is 10.1. The van der Waals surface area contributed by atoms with E-state index in [0.717, 1.165) is 6.07 Å². The number of rotatable bonds is 3. The molecule has 0 saturated heterocycles. The number of ether oxygens (including phenoxy) is 1. The van der Waals surface area contributed by atoms with Crippen molar-refractivity contribution in [1.82, 2.24) is 0 Å². The van der Waals surface area contributed by atoms with Gasteiger partial charge in [-0.1, -0.05) is 12.1 Å². The number of phenolic OH excluding ortho intramolecular Hbond substituents is 1. The van der Waals surface area contributed by atoms with Crippen LogP contribution < -0.4 is 4.74 Å². The van der Waals surface area contributed by atoms with Crippen molar-refractivity contribution in [2.45, 2.75) is 19.7 Å². The van der Waals surface area contributed by atoms with Gasteiger partial charge in [0.25, 0.3) is 0 Å². The zero-order chi connectivity index (χ0) is 12.3. The maximum atomic E-state index is 12.0. The molecule has 1 N–H and O–H groups in total. The highest BCUT2D eigenvalue weighted by Gasteiger charge is 2.33. The number of carbonyl (C=O) groups is 1. The summed E-state index contributed by atoms with van der Waals surface area (Å²) in [5, 5.41) is 9.23. The highest BCUT2D eigenvalue weighted by Crippen LogP contribution is 2.34. The first-order valence-corrected chi connectivity index (χ1v) is 4.35. The van der Waals surface area contributed by atoms with Gasteiger partial charge in [0.05, 0.1) is 0 Å². The maximum absolute atomic E-state index is 12.0. The number of hydrogen-bond acceptors (Lipinski definition) is 3. The molecule has 0 aliphatic heterocycles. The van der Waals surface area contributed by atoms with Gasteiger partial charge in [-0.05, 0) is 13.0 Å². The van der Waals surface area contributed by atoms with E-state index in [2.05, 4.69) is 4.74 Å². The smallest absolute Gasteiger partial charge is 0.504 e. The summed E-state index contributed by atoms with van der Waals surface area (Å²) < 4.78 is 39.7. The van der Waals surface area contributed by atoms with Crippen LogP contribution in [0.15, 0.2) is 18.2 Å². The van der Waals surface area contributed by atoms with Crippen LogP contribution in [0.3, 0.4) is 0 Å². The van der Waals surface area contributed by atoms with E-state index in [1.165, 1.54) is 19.1 Å². The van der Waals surface area contributed by atoms with Crippen LogP contribution in [0.4, 0.5) is 13.2 Å². The number of ketones is 1. The van der Waals surface area contributed by atoms with Crippen LogP contribution in [-0.2, 0) is 11.2 Å². The molecule has 0 unspecified atom stereocenters. The molecule has 0 heterocycles. The lowest BCUT2D eigenvalue weighted by molar-refractivity contribution is -0.275. The van der Waals surface area contributed by atoms with Crippen molar-refractivity contribution in [2.24, 2.45) is 0 Å². The van der Waals surface area contributed by atoms with Gasteiger partial charge >= 0.3 is 6.36 Å². The Morgan fingerprint density at radius 2 is 2.06 bits per heavy atom. The van der Waals surface area contributed by atoms with E-state index < -0.39 is 17.9 Å². The first kappa shape index (κ1) is 12.4. The Kier molecular flexibility index (Phi) is 3.41. The van der Waals surface area contributed by atoms with Crippen LogP contribution in [0, 0.1) is 0 Å². The highest BCUT2D eigenvalue weighted by molar-refractivity contribution is 5.79. The average Bonchev–Trinajstić information content (AvgIpc) is 2.08. The Balaban J connectivity index is 3.08. The highest BCUT2D eigenvalue weighted by atomic mass is 19.4. The van der Waals surface area contributed by atoms with Gasteiger partial charge in [-0.2, -0.15) is 0 Å². The summed E-state index contributed by atoms with van der Waals surface area (Å²) in [6.45, 7) is 1.24. The number of alkyl halides is 3. The summed E-state index contributed by atoms with van der Waals surface area (Å²) in [6.07, 6.45) is -5.12. The summed E-state index contributed by atoms with van der Waals surface area (Å²) >= 11 is 0. The molecule has 3 nitrogen and oxygen atoms in total. The second-order valence-corrected chi connectivity index (χ2v) is 3.19. The number of Topliss-reactive ketones (excluding diaryl/α,β-unsaturated/α-hetero) is 1.